The minimum Gasteiger partial charge on any atom is -0.394 e. The average Bonchev–Trinajstić information content (AvgIpc) is 2.86. The molecule has 0 spiro atoms. The number of rotatable bonds is 5. The number of H-pyrrole nitrogens is 2. The van der Waals surface area contributed by atoms with Gasteiger partial charge in [-0.25, -0.2) is 4.79 Å². The Bertz CT molecular complexity index is 626. The normalized spacial score (nSPS) is 16.9. The quantitative estimate of drug-likeness (QED) is 0.598. The number of aryl methyl sites for hydroxylation is 1. The minimum absolute atomic E-state index is 0.0585. The van der Waals surface area contributed by atoms with Crippen LogP contribution in [0.25, 0.3) is 0 Å². The minimum atomic E-state index is -0.545. The molecular formula is C14H21N3O4. The van der Waals surface area contributed by atoms with Crippen LogP contribution in [0.2, 0.25) is 0 Å². The highest BCUT2D eigenvalue weighted by atomic mass is 16.3. The third-order valence-electron chi connectivity index (χ3n) is 4.12. The zero-order chi connectivity index (χ0) is 15.5. The SMILES string of the molecule is Cc1[nH]c(=O)[nH]c(=O)c1CCC(=O)NC1(CO)CCCC1. The Balaban J connectivity index is 1.99. The van der Waals surface area contributed by atoms with E-state index in [1.54, 1.807) is 6.92 Å². The summed E-state index contributed by atoms with van der Waals surface area (Å²) in [5.74, 6) is -0.184. The molecule has 1 aromatic rings. The topological polar surface area (TPSA) is 115 Å². The fourth-order valence-corrected chi connectivity index (χ4v) is 2.90. The summed E-state index contributed by atoms with van der Waals surface area (Å²) in [6.07, 6.45) is 3.98. The van der Waals surface area contributed by atoms with Gasteiger partial charge in [0.1, 0.15) is 0 Å². The number of aliphatic hydroxyl groups excluding tert-OH is 1. The molecule has 1 aliphatic rings. The van der Waals surface area contributed by atoms with Crippen molar-refractivity contribution >= 4 is 5.91 Å². The van der Waals surface area contributed by atoms with Gasteiger partial charge in [0, 0.05) is 17.7 Å². The van der Waals surface area contributed by atoms with E-state index in [-0.39, 0.29) is 25.4 Å². The lowest BCUT2D eigenvalue weighted by atomic mass is 9.98. The molecule has 116 valence electrons. The Kier molecular flexibility index (Phi) is 4.62. The van der Waals surface area contributed by atoms with Crippen LogP contribution in [0.3, 0.4) is 0 Å². The van der Waals surface area contributed by atoms with Gasteiger partial charge in [0.2, 0.25) is 5.91 Å². The number of aromatic amines is 2. The standard InChI is InChI=1S/C14H21N3O4/c1-9-10(12(20)16-13(21)15-9)4-5-11(19)17-14(8-18)6-2-3-7-14/h18H,2-8H2,1H3,(H,17,19)(H2,15,16,20,21). The summed E-state index contributed by atoms with van der Waals surface area (Å²) in [4.78, 5) is 39.5. The molecule has 0 unspecified atom stereocenters. The molecule has 1 amide bonds. The molecule has 0 aromatic carbocycles. The molecule has 0 atom stereocenters. The molecule has 1 fully saturated rings. The van der Waals surface area contributed by atoms with E-state index in [0.717, 1.165) is 25.7 Å². The lowest BCUT2D eigenvalue weighted by molar-refractivity contribution is -0.123. The number of amides is 1. The number of nitrogens with one attached hydrogen (secondary N) is 3. The van der Waals surface area contributed by atoms with E-state index in [0.29, 0.717) is 11.3 Å². The van der Waals surface area contributed by atoms with Crippen molar-refractivity contribution in [3.05, 3.63) is 32.1 Å². The van der Waals surface area contributed by atoms with Crippen molar-refractivity contribution in [2.45, 2.75) is 51.0 Å². The maximum absolute atomic E-state index is 12.0. The number of hydrogen-bond acceptors (Lipinski definition) is 4. The Morgan fingerprint density at radius 2 is 1.95 bits per heavy atom. The summed E-state index contributed by atoms with van der Waals surface area (Å²) in [6, 6.07) is 0. The van der Waals surface area contributed by atoms with Crippen molar-refractivity contribution in [3.63, 3.8) is 0 Å². The van der Waals surface area contributed by atoms with Crippen LogP contribution in [-0.2, 0) is 11.2 Å². The zero-order valence-corrected chi connectivity index (χ0v) is 12.1. The molecule has 0 bridgehead atoms. The predicted octanol–water partition coefficient (Wildman–Crippen LogP) is -0.274. The largest absolute Gasteiger partial charge is 0.394 e. The molecule has 1 saturated carbocycles. The summed E-state index contributed by atoms with van der Waals surface area (Å²) in [6.45, 7) is 1.58. The summed E-state index contributed by atoms with van der Waals surface area (Å²) in [5, 5.41) is 12.3. The molecule has 2 rings (SSSR count). The Hall–Kier alpha value is -1.89. The van der Waals surface area contributed by atoms with Gasteiger partial charge < -0.3 is 15.4 Å². The molecule has 4 N–H and O–H groups in total. The molecule has 0 saturated heterocycles. The van der Waals surface area contributed by atoms with Gasteiger partial charge in [0.25, 0.3) is 5.56 Å². The van der Waals surface area contributed by atoms with Crippen molar-refractivity contribution in [2.24, 2.45) is 0 Å². The van der Waals surface area contributed by atoms with Gasteiger partial charge in [-0.15, -0.1) is 0 Å². The Labute approximate surface area is 121 Å². The number of carbonyl (C=O) groups excluding carboxylic acids is 1. The van der Waals surface area contributed by atoms with Crippen molar-refractivity contribution in [2.75, 3.05) is 6.61 Å². The molecule has 1 aliphatic carbocycles. The zero-order valence-electron chi connectivity index (χ0n) is 12.1. The van der Waals surface area contributed by atoms with Crippen LogP contribution in [0.1, 0.15) is 43.4 Å². The molecule has 7 heteroatoms. The first-order valence-electron chi connectivity index (χ1n) is 7.20. The maximum Gasteiger partial charge on any atom is 0.325 e. The first-order chi connectivity index (χ1) is 9.96. The van der Waals surface area contributed by atoms with Gasteiger partial charge in [-0.3, -0.25) is 14.6 Å². The smallest absolute Gasteiger partial charge is 0.325 e. The monoisotopic (exact) mass is 295 g/mol. The average molecular weight is 295 g/mol. The first-order valence-corrected chi connectivity index (χ1v) is 7.20. The van der Waals surface area contributed by atoms with Crippen LogP contribution >= 0.6 is 0 Å². The highest BCUT2D eigenvalue weighted by Gasteiger charge is 2.34. The van der Waals surface area contributed by atoms with Crippen LogP contribution in [0.15, 0.2) is 9.59 Å². The van der Waals surface area contributed by atoms with Crippen molar-refractivity contribution in [3.8, 4) is 0 Å². The van der Waals surface area contributed by atoms with Gasteiger partial charge in [-0.2, -0.15) is 0 Å². The lowest BCUT2D eigenvalue weighted by Gasteiger charge is -2.28. The van der Waals surface area contributed by atoms with Crippen molar-refractivity contribution in [1.29, 1.82) is 0 Å². The third-order valence-corrected chi connectivity index (χ3v) is 4.12. The number of carbonyl (C=O) groups is 1. The Morgan fingerprint density at radius 3 is 2.52 bits per heavy atom. The van der Waals surface area contributed by atoms with Crippen LogP contribution < -0.4 is 16.6 Å². The van der Waals surface area contributed by atoms with Gasteiger partial charge in [-0.1, -0.05) is 12.8 Å². The van der Waals surface area contributed by atoms with E-state index in [9.17, 15) is 19.5 Å². The molecule has 0 radical (unpaired) electrons. The van der Waals surface area contributed by atoms with Crippen LogP contribution in [0.4, 0.5) is 0 Å². The van der Waals surface area contributed by atoms with E-state index in [4.69, 9.17) is 0 Å². The van der Waals surface area contributed by atoms with Gasteiger partial charge in [0.05, 0.1) is 12.1 Å². The summed E-state index contributed by atoms with van der Waals surface area (Å²) in [7, 11) is 0. The second-order valence-corrected chi connectivity index (χ2v) is 5.71. The van der Waals surface area contributed by atoms with E-state index in [1.807, 2.05) is 0 Å². The Morgan fingerprint density at radius 1 is 1.29 bits per heavy atom. The third kappa shape index (κ3) is 3.60. The van der Waals surface area contributed by atoms with E-state index in [1.165, 1.54) is 0 Å². The highest BCUT2D eigenvalue weighted by molar-refractivity contribution is 5.77. The van der Waals surface area contributed by atoms with Gasteiger partial charge in [-0.05, 0) is 26.2 Å². The second-order valence-electron chi connectivity index (χ2n) is 5.71. The van der Waals surface area contributed by atoms with E-state index >= 15 is 0 Å². The van der Waals surface area contributed by atoms with Crippen LogP contribution in [0, 0.1) is 6.92 Å². The van der Waals surface area contributed by atoms with Crippen LogP contribution in [0.5, 0.6) is 0 Å². The van der Waals surface area contributed by atoms with E-state index < -0.39 is 16.8 Å². The number of aliphatic hydroxyl groups is 1. The number of aromatic nitrogens is 2. The molecular weight excluding hydrogens is 274 g/mol. The second kappa shape index (κ2) is 6.26. The number of hydrogen-bond donors (Lipinski definition) is 4. The molecule has 0 aliphatic heterocycles. The molecule has 7 nitrogen and oxygen atoms in total. The summed E-state index contributed by atoms with van der Waals surface area (Å²) >= 11 is 0. The van der Waals surface area contributed by atoms with Gasteiger partial charge in [0.15, 0.2) is 0 Å². The van der Waals surface area contributed by atoms with E-state index in [2.05, 4.69) is 15.3 Å². The summed E-state index contributed by atoms with van der Waals surface area (Å²) in [5.41, 5.74) is -0.606. The highest BCUT2D eigenvalue weighted by Crippen LogP contribution is 2.29. The molecule has 21 heavy (non-hydrogen) atoms. The molecule has 1 heterocycles. The van der Waals surface area contributed by atoms with Crippen LogP contribution in [-0.4, -0.2) is 33.1 Å². The van der Waals surface area contributed by atoms with Crippen molar-refractivity contribution < 1.29 is 9.90 Å². The first kappa shape index (κ1) is 15.5. The van der Waals surface area contributed by atoms with Gasteiger partial charge >= 0.3 is 5.69 Å². The fraction of sp³-hybridized carbons (Fsp3) is 0.643. The molecule has 1 aromatic heterocycles. The maximum atomic E-state index is 12.0. The predicted molar refractivity (Wildman–Crippen MR) is 77.2 cm³/mol. The fourth-order valence-electron chi connectivity index (χ4n) is 2.90. The summed E-state index contributed by atoms with van der Waals surface area (Å²) < 4.78 is 0. The van der Waals surface area contributed by atoms with Crippen molar-refractivity contribution in [1.82, 2.24) is 15.3 Å². The lowest BCUT2D eigenvalue weighted by Crippen LogP contribution is -2.49.